The average Bonchev–Trinajstić information content (AvgIpc) is 3.13. The summed E-state index contributed by atoms with van der Waals surface area (Å²) in [5.41, 5.74) is 3.51. The fourth-order valence-electron chi connectivity index (χ4n) is 3.33. The molecule has 0 aliphatic rings. The molecule has 146 valence electrons. The van der Waals surface area contributed by atoms with Crippen LogP contribution in [0.3, 0.4) is 0 Å². The van der Waals surface area contributed by atoms with E-state index in [4.69, 9.17) is 13.9 Å². The van der Waals surface area contributed by atoms with Gasteiger partial charge < -0.3 is 19.2 Å². The van der Waals surface area contributed by atoms with E-state index >= 15 is 0 Å². The van der Waals surface area contributed by atoms with E-state index in [9.17, 15) is 4.79 Å². The van der Waals surface area contributed by atoms with Crippen molar-refractivity contribution in [2.45, 2.75) is 6.92 Å². The molecule has 0 bridgehead atoms. The molecule has 0 unspecified atom stereocenters. The number of anilines is 1. The molecule has 0 aliphatic heterocycles. The minimum atomic E-state index is -0.278. The number of carbonyl (C=O) groups is 1. The monoisotopic (exact) mass is 387 g/mol. The Morgan fingerprint density at radius 1 is 0.931 bits per heavy atom. The van der Waals surface area contributed by atoms with E-state index in [2.05, 4.69) is 5.32 Å². The van der Waals surface area contributed by atoms with Gasteiger partial charge in [0.2, 0.25) is 0 Å². The second kappa shape index (κ2) is 7.72. The van der Waals surface area contributed by atoms with Gasteiger partial charge in [0.15, 0.2) is 0 Å². The smallest absolute Gasteiger partial charge is 0.260 e. The van der Waals surface area contributed by atoms with Crippen LogP contribution in [0.1, 0.15) is 15.9 Å². The highest BCUT2D eigenvalue weighted by Crippen LogP contribution is 2.36. The quantitative estimate of drug-likeness (QED) is 0.479. The van der Waals surface area contributed by atoms with Gasteiger partial charge in [-0.15, -0.1) is 0 Å². The largest absolute Gasteiger partial charge is 0.497 e. The van der Waals surface area contributed by atoms with Crippen LogP contribution in [0.4, 0.5) is 5.69 Å². The van der Waals surface area contributed by atoms with Crippen molar-refractivity contribution in [3.63, 3.8) is 0 Å². The summed E-state index contributed by atoms with van der Waals surface area (Å²) in [7, 11) is 3.17. The third-order valence-corrected chi connectivity index (χ3v) is 4.76. The Kier molecular flexibility index (Phi) is 4.96. The van der Waals surface area contributed by atoms with Crippen LogP contribution in [-0.2, 0) is 0 Å². The van der Waals surface area contributed by atoms with Crippen LogP contribution in [0.5, 0.6) is 11.5 Å². The Hall–Kier alpha value is -3.73. The van der Waals surface area contributed by atoms with Crippen molar-refractivity contribution in [2.24, 2.45) is 0 Å². The molecular formula is C24H21NO4. The van der Waals surface area contributed by atoms with Crippen LogP contribution >= 0.6 is 0 Å². The fourth-order valence-corrected chi connectivity index (χ4v) is 3.33. The molecular weight excluding hydrogens is 366 g/mol. The Labute approximate surface area is 168 Å². The summed E-state index contributed by atoms with van der Waals surface area (Å²) >= 11 is 0. The van der Waals surface area contributed by atoms with Gasteiger partial charge in [0.25, 0.3) is 5.91 Å². The molecule has 29 heavy (non-hydrogen) atoms. The first-order valence-electron chi connectivity index (χ1n) is 9.22. The number of aryl methyl sites for hydroxylation is 1. The molecule has 0 aliphatic carbocycles. The topological polar surface area (TPSA) is 60.7 Å². The summed E-state index contributed by atoms with van der Waals surface area (Å²) < 4.78 is 16.8. The highest BCUT2D eigenvalue weighted by atomic mass is 16.5. The number of furan rings is 1. The molecule has 0 fully saturated rings. The van der Waals surface area contributed by atoms with Crippen molar-refractivity contribution in [3.05, 3.63) is 77.9 Å². The lowest BCUT2D eigenvalue weighted by atomic mass is 10.0. The third-order valence-electron chi connectivity index (χ3n) is 4.76. The molecule has 5 nitrogen and oxygen atoms in total. The van der Waals surface area contributed by atoms with Crippen LogP contribution < -0.4 is 14.8 Å². The van der Waals surface area contributed by atoms with Crippen molar-refractivity contribution in [2.75, 3.05) is 19.5 Å². The Bertz CT molecular complexity index is 1180. The van der Waals surface area contributed by atoms with Crippen molar-refractivity contribution in [1.29, 1.82) is 0 Å². The summed E-state index contributed by atoms with van der Waals surface area (Å²) in [5.74, 6) is 1.48. The number of amides is 1. The van der Waals surface area contributed by atoms with E-state index in [-0.39, 0.29) is 5.91 Å². The van der Waals surface area contributed by atoms with Crippen LogP contribution in [0, 0.1) is 6.92 Å². The van der Waals surface area contributed by atoms with Crippen molar-refractivity contribution in [3.8, 4) is 22.8 Å². The number of methoxy groups -OCH3 is 2. The number of rotatable bonds is 5. The maximum Gasteiger partial charge on any atom is 0.260 e. The number of nitrogens with one attached hydrogen (secondary N) is 1. The van der Waals surface area contributed by atoms with Crippen LogP contribution in [0.25, 0.3) is 22.3 Å². The summed E-state index contributed by atoms with van der Waals surface area (Å²) in [4.78, 5) is 13.4. The molecule has 3 aromatic carbocycles. The number of benzene rings is 3. The van der Waals surface area contributed by atoms with Crippen LogP contribution in [0.15, 0.2) is 71.1 Å². The fraction of sp³-hybridized carbons (Fsp3) is 0.125. The van der Waals surface area contributed by atoms with E-state index < -0.39 is 0 Å². The molecule has 1 aromatic heterocycles. The first-order valence-corrected chi connectivity index (χ1v) is 9.22. The second-order valence-electron chi connectivity index (χ2n) is 6.69. The Morgan fingerprint density at radius 3 is 2.45 bits per heavy atom. The minimum Gasteiger partial charge on any atom is -0.497 e. The first kappa shape index (κ1) is 18.6. The van der Waals surface area contributed by atoms with Crippen molar-refractivity contribution >= 4 is 22.6 Å². The minimum absolute atomic E-state index is 0.278. The molecule has 4 aromatic rings. The Morgan fingerprint density at radius 2 is 1.72 bits per heavy atom. The Balaban J connectivity index is 1.87. The molecule has 5 heteroatoms. The molecule has 0 radical (unpaired) electrons. The van der Waals surface area contributed by atoms with Gasteiger partial charge in [0.1, 0.15) is 22.8 Å². The average molecular weight is 387 g/mol. The summed E-state index contributed by atoms with van der Waals surface area (Å²) in [6.07, 6.45) is 0. The molecule has 1 heterocycles. The number of hydrogen-bond donors (Lipinski definition) is 1. The van der Waals surface area contributed by atoms with Gasteiger partial charge in [-0.2, -0.15) is 0 Å². The zero-order valence-electron chi connectivity index (χ0n) is 16.5. The molecule has 1 amide bonds. The number of fused-ring (bicyclic) bond motifs is 1. The van der Waals surface area contributed by atoms with Gasteiger partial charge in [-0.25, -0.2) is 0 Å². The maximum atomic E-state index is 13.4. The number of hydrogen-bond acceptors (Lipinski definition) is 4. The van der Waals surface area contributed by atoms with Crippen molar-refractivity contribution < 1.29 is 18.7 Å². The molecule has 0 spiro atoms. The third kappa shape index (κ3) is 3.55. The lowest BCUT2D eigenvalue weighted by Crippen LogP contribution is -2.13. The molecule has 0 saturated heterocycles. The summed E-state index contributed by atoms with van der Waals surface area (Å²) in [6.45, 7) is 1.96. The second-order valence-corrected chi connectivity index (χ2v) is 6.69. The highest BCUT2D eigenvalue weighted by molar-refractivity contribution is 6.17. The highest BCUT2D eigenvalue weighted by Gasteiger charge is 2.23. The van der Waals surface area contributed by atoms with E-state index in [0.717, 1.165) is 11.1 Å². The standard InChI is InChI=1S/C24H21NO4/c1-15-9-11-21(28-3)19(13-15)25-24(26)22-18-14-17(27-2)10-12-20(18)29-23(22)16-7-5-4-6-8-16/h4-14H,1-3H3,(H,25,26). The normalized spacial score (nSPS) is 10.7. The number of carbonyl (C=O) groups excluding carboxylic acids is 1. The maximum absolute atomic E-state index is 13.4. The van der Waals surface area contributed by atoms with Crippen LogP contribution in [0.2, 0.25) is 0 Å². The molecule has 0 saturated carbocycles. The van der Waals surface area contributed by atoms with Gasteiger partial charge in [0.05, 0.1) is 25.5 Å². The van der Waals surface area contributed by atoms with Crippen molar-refractivity contribution in [1.82, 2.24) is 0 Å². The van der Waals surface area contributed by atoms with Gasteiger partial charge in [-0.1, -0.05) is 36.4 Å². The number of ether oxygens (including phenoxy) is 2. The van der Waals surface area contributed by atoms with E-state index in [1.807, 2.05) is 73.7 Å². The predicted molar refractivity (Wildman–Crippen MR) is 114 cm³/mol. The lowest BCUT2D eigenvalue weighted by Gasteiger charge is -2.11. The first-order chi connectivity index (χ1) is 14.1. The van der Waals surface area contributed by atoms with Gasteiger partial charge in [-0.05, 0) is 42.8 Å². The van der Waals surface area contributed by atoms with E-state index in [1.54, 1.807) is 14.2 Å². The zero-order chi connectivity index (χ0) is 20.4. The SMILES string of the molecule is COc1ccc2oc(-c3ccccc3)c(C(=O)Nc3cc(C)ccc3OC)c2c1. The van der Waals surface area contributed by atoms with Gasteiger partial charge in [-0.3, -0.25) is 4.79 Å². The van der Waals surface area contributed by atoms with E-state index in [1.165, 1.54) is 0 Å². The summed E-state index contributed by atoms with van der Waals surface area (Å²) in [6, 6.07) is 20.7. The molecule has 4 rings (SSSR count). The molecule has 0 atom stereocenters. The summed E-state index contributed by atoms with van der Waals surface area (Å²) in [5, 5.41) is 3.67. The predicted octanol–water partition coefficient (Wildman–Crippen LogP) is 5.68. The lowest BCUT2D eigenvalue weighted by molar-refractivity contribution is 0.102. The van der Waals surface area contributed by atoms with Gasteiger partial charge in [0, 0.05) is 10.9 Å². The van der Waals surface area contributed by atoms with Gasteiger partial charge >= 0.3 is 0 Å². The molecule has 1 N–H and O–H groups in total. The van der Waals surface area contributed by atoms with Crippen LogP contribution in [-0.4, -0.2) is 20.1 Å². The van der Waals surface area contributed by atoms with E-state index in [0.29, 0.717) is 39.5 Å². The zero-order valence-corrected chi connectivity index (χ0v) is 16.5.